The molecule has 1 saturated heterocycles. The third-order valence-electron chi connectivity index (χ3n) is 3.94. The van der Waals surface area contributed by atoms with Gasteiger partial charge in [0.2, 0.25) is 0 Å². The molecule has 2 rings (SSSR count). The van der Waals surface area contributed by atoms with Crippen molar-refractivity contribution in [1.29, 1.82) is 0 Å². The van der Waals surface area contributed by atoms with E-state index in [9.17, 15) is 0 Å². The molecule has 1 aromatic carbocycles. The molecule has 0 aromatic heterocycles. The molecule has 1 aromatic rings. The number of hydrogen-bond donors (Lipinski definition) is 1. The summed E-state index contributed by atoms with van der Waals surface area (Å²) < 4.78 is 0. The van der Waals surface area contributed by atoms with Gasteiger partial charge in [-0.05, 0) is 24.6 Å². The van der Waals surface area contributed by atoms with Gasteiger partial charge in [0.25, 0.3) is 0 Å². The van der Waals surface area contributed by atoms with Crippen molar-refractivity contribution in [2.45, 2.75) is 32.5 Å². The van der Waals surface area contributed by atoms with Gasteiger partial charge >= 0.3 is 0 Å². The summed E-state index contributed by atoms with van der Waals surface area (Å²) in [6.45, 7) is 6.89. The molecule has 100 valence electrons. The topological polar surface area (TPSA) is 26.7 Å². The number of aliphatic hydroxyl groups excluding tert-OH is 1. The zero-order chi connectivity index (χ0) is 13.0. The first-order chi connectivity index (χ1) is 8.72. The standard InChI is InChI=1S/C15H24N2O/c1-3-15-11-17(9-8-16(15)2)10-13-4-6-14(12-18)7-5-13/h4-7,15,18H,3,8-12H2,1-2H3. The number of nitrogens with zero attached hydrogens (tertiary/aromatic N) is 2. The maximum Gasteiger partial charge on any atom is 0.0681 e. The minimum atomic E-state index is 0.132. The first-order valence-corrected chi connectivity index (χ1v) is 6.84. The Morgan fingerprint density at radius 3 is 2.44 bits per heavy atom. The maximum absolute atomic E-state index is 9.03. The van der Waals surface area contributed by atoms with Gasteiger partial charge in [0.15, 0.2) is 0 Å². The van der Waals surface area contributed by atoms with Crippen LogP contribution in [0, 0.1) is 0 Å². The summed E-state index contributed by atoms with van der Waals surface area (Å²) in [5, 5.41) is 9.03. The molecule has 1 heterocycles. The summed E-state index contributed by atoms with van der Waals surface area (Å²) >= 11 is 0. The summed E-state index contributed by atoms with van der Waals surface area (Å²) in [5.41, 5.74) is 2.33. The highest BCUT2D eigenvalue weighted by Crippen LogP contribution is 2.14. The summed E-state index contributed by atoms with van der Waals surface area (Å²) in [6, 6.07) is 8.98. The highest BCUT2D eigenvalue weighted by Gasteiger charge is 2.22. The molecular formula is C15H24N2O. The van der Waals surface area contributed by atoms with Gasteiger partial charge in [-0.15, -0.1) is 0 Å². The molecular weight excluding hydrogens is 224 g/mol. The Morgan fingerprint density at radius 1 is 1.17 bits per heavy atom. The van der Waals surface area contributed by atoms with E-state index in [1.165, 1.54) is 12.0 Å². The largest absolute Gasteiger partial charge is 0.392 e. The summed E-state index contributed by atoms with van der Waals surface area (Å²) in [4.78, 5) is 4.99. The van der Waals surface area contributed by atoms with E-state index >= 15 is 0 Å². The van der Waals surface area contributed by atoms with Crippen molar-refractivity contribution < 1.29 is 5.11 Å². The van der Waals surface area contributed by atoms with Crippen LogP contribution >= 0.6 is 0 Å². The molecule has 0 spiro atoms. The molecule has 0 amide bonds. The molecule has 1 atom stereocenters. The minimum Gasteiger partial charge on any atom is -0.392 e. The van der Waals surface area contributed by atoms with E-state index in [1.807, 2.05) is 12.1 Å². The lowest BCUT2D eigenvalue weighted by Gasteiger charge is -2.39. The van der Waals surface area contributed by atoms with Crippen molar-refractivity contribution >= 4 is 0 Å². The molecule has 0 saturated carbocycles. The third kappa shape index (κ3) is 3.31. The normalized spacial score (nSPS) is 22.3. The van der Waals surface area contributed by atoms with E-state index in [4.69, 9.17) is 5.11 Å². The van der Waals surface area contributed by atoms with Crippen molar-refractivity contribution in [3.63, 3.8) is 0 Å². The Balaban J connectivity index is 1.92. The van der Waals surface area contributed by atoms with Crippen LogP contribution in [0.15, 0.2) is 24.3 Å². The molecule has 1 unspecified atom stereocenters. The van der Waals surface area contributed by atoms with Gasteiger partial charge in [-0.1, -0.05) is 31.2 Å². The summed E-state index contributed by atoms with van der Waals surface area (Å²) in [6.07, 6.45) is 1.22. The third-order valence-corrected chi connectivity index (χ3v) is 3.94. The van der Waals surface area contributed by atoms with Crippen LogP contribution in [0.4, 0.5) is 0 Å². The predicted molar refractivity (Wildman–Crippen MR) is 74.4 cm³/mol. The van der Waals surface area contributed by atoms with Crippen molar-refractivity contribution in [2.24, 2.45) is 0 Å². The molecule has 1 aliphatic rings. The van der Waals surface area contributed by atoms with E-state index in [0.717, 1.165) is 31.7 Å². The Hall–Kier alpha value is -0.900. The van der Waals surface area contributed by atoms with Crippen molar-refractivity contribution in [3.8, 4) is 0 Å². The van der Waals surface area contributed by atoms with Crippen LogP contribution in [-0.4, -0.2) is 47.6 Å². The van der Waals surface area contributed by atoms with E-state index in [-0.39, 0.29) is 6.61 Å². The molecule has 1 fully saturated rings. The maximum atomic E-state index is 9.03. The van der Waals surface area contributed by atoms with Gasteiger partial charge in [0.1, 0.15) is 0 Å². The average Bonchev–Trinajstić information content (AvgIpc) is 2.42. The first kappa shape index (κ1) is 13.5. The SMILES string of the molecule is CCC1CN(Cc2ccc(CO)cc2)CCN1C. The number of likely N-dealkylation sites (N-methyl/N-ethyl adjacent to an activating group) is 1. The zero-order valence-electron chi connectivity index (χ0n) is 11.5. The number of aliphatic hydroxyl groups is 1. The van der Waals surface area contributed by atoms with E-state index < -0.39 is 0 Å². The second kappa shape index (κ2) is 6.32. The van der Waals surface area contributed by atoms with Crippen LogP contribution in [0.25, 0.3) is 0 Å². The monoisotopic (exact) mass is 248 g/mol. The number of rotatable bonds is 4. The van der Waals surface area contributed by atoms with E-state index in [1.54, 1.807) is 0 Å². The molecule has 1 N–H and O–H groups in total. The van der Waals surface area contributed by atoms with Crippen LogP contribution in [0.5, 0.6) is 0 Å². The van der Waals surface area contributed by atoms with E-state index in [2.05, 4.69) is 35.9 Å². The second-order valence-electron chi connectivity index (χ2n) is 5.25. The predicted octanol–water partition coefficient (Wildman–Crippen LogP) is 1.70. The molecule has 0 bridgehead atoms. The highest BCUT2D eigenvalue weighted by atomic mass is 16.3. The Morgan fingerprint density at radius 2 is 1.83 bits per heavy atom. The lowest BCUT2D eigenvalue weighted by Crippen LogP contribution is -2.50. The molecule has 0 radical (unpaired) electrons. The fourth-order valence-corrected chi connectivity index (χ4v) is 2.60. The number of hydrogen-bond acceptors (Lipinski definition) is 3. The van der Waals surface area contributed by atoms with Crippen molar-refractivity contribution in [2.75, 3.05) is 26.7 Å². The highest BCUT2D eigenvalue weighted by molar-refractivity contribution is 5.21. The lowest BCUT2D eigenvalue weighted by atomic mass is 10.1. The fraction of sp³-hybridized carbons (Fsp3) is 0.600. The van der Waals surface area contributed by atoms with Gasteiger partial charge in [0.05, 0.1) is 6.61 Å². The van der Waals surface area contributed by atoms with Crippen molar-refractivity contribution in [3.05, 3.63) is 35.4 Å². The van der Waals surface area contributed by atoms with Gasteiger partial charge < -0.3 is 10.0 Å². The van der Waals surface area contributed by atoms with E-state index in [0.29, 0.717) is 6.04 Å². The summed E-state index contributed by atoms with van der Waals surface area (Å²) in [7, 11) is 2.22. The van der Waals surface area contributed by atoms with Crippen molar-refractivity contribution in [1.82, 2.24) is 9.80 Å². The first-order valence-electron chi connectivity index (χ1n) is 6.84. The molecule has 3 heteroatoms. The van der Waals surface area contributed by atoms with Crippen LogP contribution in [0.1, 0.15) is 24.5 Å². The fourth-order valence-electron chi connectivity index (χ4n) is 2.60. The molecule has 0 aliphatic carbocycles. The quantitative estimate of drug-likeness (QED) is 0.878. The second-order valence-corrected chi connectivity index (χ2v) is 5.25. The van der Waals surface area contributed by atoms with Crippen LogP contribution in [0.3, 0.4) is 0 Å². The molecule has 18 heavy (non-hydrogen) atoms. The minimum absolute atomic E-state index is 0.132. The summed E-state index contributed by atoms with van der Waals surface area (Å²) in [5.74, 6) is 0. The average molecular weight is 248 g/mol. The zero-order valence-corrected chi connectivity index (χ0v) is 11.5. The van der Waals surface area contributed by atoms with Gasteiger partial charge in [-0.3, -0.25) is 4.90 Å². The lowest BCUT2D eigenvalue weighted by molar-refractivity contribution is 0.0884. The Bertz CT molecular complexity index is 363. The number of piperazine rings is 1. The molecule has 1 aliphatic heterocycles. The Labute approximate surface area is 110 Å². The van der Waals surface area contributed by atoms with Gasteiger partial charge in [-0.2, -0.15) is 0 Å². The van der Waals surface area contributed by atoms with Gasteiger partial charge in [-0.25, -0.2) is 0 Å². The smallest absolute Gasteiger partial charge is 0.0681 e. The van der Waals surface area contributed by atoms with Crippen LogP contribution < -0.4 is 0 Å². The van der Waals surface area contributed by atoms with Crippen LogP contribution in [-0.2, 0) is 13.2 Å². The number of benzene rings is 1. The van der Waals surface area contributed by atoms with Crippen LogP contribution in [0.2, 0.25) is 0 Å². The molecule has 3 nitrogen and oxygen atoms in total. The van der Waals surface area contributed by atoms with Gasteiger partial charge in [0, 0.05) is 32.2 Å². The Kier molecular flexibility index (Phi) is 4.75.